The Morgan fingerprint density at radius 2 is 1.57 bits per heavy atom. The molecule has 0 spiro atoms. The highest BCUT2D eigenvalue weighted by atomic mass is 79.9. The standard InChI is InChI=1S/C18H15BrO2/c1-17(16(20)21)10-18(19)13-8-4-2-6-11(13)15(17)12-7-3-5-9-14(12)18/h2-9,15H,10H2,1H3,(H,20,21). The van der Waals surface area contributed by atoms with E-state index in [2.05, 4.69) is 40.2 Å². The van der Waals surface area contributed by atoms with Crippen LogP contribution in [0.4, 0.5) is 0 Å². The molecule has 2 nitrogen and oxygen atoms in total. The van der Waals surface area contributed by atoms with E-state index in [4.69, 9.17) is 0 Å². The van der Waals surface area contributed by atoms with Crippen molar-refractivity contribution in [2.45, 2.75) is 23.6 Å². The van der Waals surface area contributed by atoms with Crippen LogP contribution in [0.3, 0.4) is 0 Å². The first-order chi connectivity index (χ1) is 9.98. The third kappa shape index (κ3) is 1.45. The molecule has 0 aromatic heterocycles. The molecule has 0 heterocycles. The first-order valence-corrected chi connectivity index (χ1v) is 7.89. The van der Waals surface area contributed by atoms with Crippen molar-refractivity contribution in [3.63, 3.8) is 0 Å². The highest BCUT2D eigenvalue weighted by molar-refractivity contribution is 9.09. The Balaban J connectivity index is 2.12. The Bertz CT molecular complexity index is 720. The second kappa shape index (κ2) is 3.98. The van der Waals surface area contributed by atoms with Crippen molar-refractivity contribution in [2.24, 2.45) is 5.41 Å². The summed E-state index contributed by atoms with van der Waals surface area (Å²) in [4.78, 5) is 12.0. The van der Waals surface area contributed by atoms with Crippen LogP contribution in [-0.4, -0.2) is 11.1 Å². The maximum absolute atomic E-state index is 12.0. The lowest BCUT2D eigenvalue weighted by atomic mass is 9.52. The third-order valence-corrected chi connectivity index (χ3v) is 6.27. The summed E-state index contributed by atoms with van der Waals surface area (Å²) < 4.78 is -0.401. The smallest absolute Gasteiger partial charge is 0.310 e. The molecule has 0 saturated carbocycles. The predicted molar refractivity (Wildman–Crippen MR) is 84.8 cm³/mol. The zero-order chi connectivity index (χ0) is 14.8. The van der Waals surface area contributed by atoms with Crippen molar-refractivity contribution < 1.29 is 9.90 Å². The molecule has 1 unspecified atom stereocenters. The van der Waals surface area contributed by atoms with Gasteiger partial charge in [0.1, 0.15) is 0 Å². The molecule has 5 rings (SSSR count). The average Bonchev–Trinajstić information content (AvgIpc) is 2.47. The van der Waals surface area contributed by atoms with Gasteiger partial charge in [-0.3, -0.25) is 4.79 Å². The van der Waals surface area contributed by atoms with Crippen LogP contribution >= 0.6 is 15.9 Å². The number of halogens is 1. The molecule has 0 radical (unpaired) electrons. The number of rotatable bonds is 1. The maximum atomic E-state index is 12.0. The largest absolute Gasteiger partial charge is 0.481 e. The molecule has 0 saturated heterocycles. The molecule has 0 fully saturated rings. The van der Waals surface area contributed by atoms with Gasteiger partial charge in [0.15, 0.2) is 0 Å². The van der Waals surface area contributed by atoms with Crippen molar-refractivity contribution >= 4 is 21.9 Å². The number of fused-ring (bicyclic) bond motifs is 1. The molecule has 1 N–H and O–H groups in total. The first kappa shape index (κ1) is 13.1. The zero-order valence-electron chi connectivity index (χ0n) is 11.6. The summed E-state index contributed by atoms with van der Waals surface area (Å²) in [6.07, 6.45) is 0.577. The molecule has 1 atom stereocenters. The van der Waals surface area contributed by atoms with Gasteiger partial charge < -0.3 is 5.11 Å². The van der Waals surface area contributed by atoms with Crippen molar-refractivity contribution in [3.05, 3.63) is 70.8 Å². The summed E-state index contributed by atoms with van der Waals surface area (Å²) in [7, 11) is 0. The van der Waals surface area contributed by atoms with E-state index in [9.17, 15) is 9.90 Å². The van der Waals surface area contributed by atoms with Crippen LogP contribution in [0.5, 0.6) is 0 Å². The summed E-state index contributed by atoms with van der Waals surface area (Å²) in [5.74, 6) is -0.804. The van der Waals surface area contributed by atoms with E-state index >= 15 is 0 Å². The number of alkyl halides is 1. The fourth-order valence-corrected chi connectivity index (χ4v) is 5.52. The van der Waals surface area contributed by atoms with E-state index in [1.165, 1.54) is 11.1 Å². The zero-order valence-corrected chi connectivity index (χ0v) is 13.2. The third-order valence-electron chi connectivity index (χ3n) is 5.13. The Labute approximate surface area is 131 Å². The topological polar surface area (TPSA) is 37.3 Å². The molecule has 3 aliphatic rings. The molecule has 3 aliphatic carbocycles. The van der Waals surface area contributed by atoms with E-state index in [-0.39, 0.29) is 5.92 Å². The van der Waals surface area contributed by atoms with Crippen molar-refractivity contribution in [3.8, 4) is 0 Å². The number of hydrogen-bond acceptors (Lipinski definition) is 1. The summed E-state index contributed by atoms with van der Waals surface area (Å²) >= 11 is 3.91. The minimum atomic E-state index is -0.786. The van der Waals surface area contributed by atoms with Crippen molar-refractivity contribution in [1.29, 1.82) is 0 Å². The Kier molecular flexibility index (Phi) is 2.48. The van der Waals surface area contributed by atoms with Crippen LogP contribution in [0, 0.1) is 5.41 Å². The van der Waals surface area contributed by atoms with E-state index < -0.39 is 15.7 Å². The van der Waals surface area contributed by atoms with Gasteiger partial charge >= 0.3 is 5.97 Å². The van der Waals surface area contributed by atoms with Crippen LogP contribution in [-0.2, 0) is 9.12 Å². The molecule has 106 valence electrons. The summed E-state index contributed by atoms with van der Waals surface area (Å²) in [5, 5.41) is 9.86. The van der Waals surface area contributed by atoms with Gasteiger partial charge in [0.25, 0.3) is 0 Å². The van der Waals surface area contributed by atoms with E-state index in [0.29, 0.717) is 6.42 Å². The van der Waals surface area contributed by atoms with Gasteiger partial charge in [0.05, 0.1) is 9.74 Å². The molecule has 0 aliphatic heterocycles. The lowest BCUT2D eigenvalue weighted by molar-refractivity contribution is -0.150. The minimum Gasteiger partial charge on any atom is -0.481 e. The second-order valence-corrected chi connectivity index (χ2v) is 7.66. The Morgan fingerprint density at radius 3 is 2.05 bits per heavy atom. The monoisotopic (exact) mass is 342 g/mol. The number of benzene rings is 2. The summed E-state index contributed by atoms with van der Waals surface area (Å²) in [6.45, 7) is 1.88. The van der Waals surface area contributed by atoms with Crippen LogP contribution in [0.15, 0.2) is 48.5 Å². The molecule has 2 bridgehead atoms. The van der Waals surface area contributed by atoms with E-state index in [0.717, 1.165) is 11.1 Å². The Morgan fingerprint density at radius 1 is 1.10 bits per heavy atom. The van der Waals surface area contributed by atoms with Crippen LogP contribution < -0.4 is 0 Å². The number of carboxylic acids is 1. The molecular formula is C18H15BrO2. The average molecular weight is 343 g/mol. The summed E-state index contributed by atoms with van der Waals surface area (Å²) in [6, 6.07) is 16.5. The SMILES string of the molecule is CC1(C(=O)O)CC2(Br)c3ccccc3C1c1ccccc12. The summed E-state index contributed by atoms with van der Waals surface area (Å²) in [5.41, 5.74) is 3.93. The van der Waals surface area contributed by atoms with Gasteiger partial charge in [0.2, 0.25) is 0 Å². The lowest BCUT2D eigenvalue weighted by Gasteiger charge is -2.53. The highest BCUT2D eigenvalue weighted by Gasteiger charge is 2.59. The van der Waals surface area contributed by atoms with Gasteiger partial charge in [-0.05, 0) is 35.6 Å². The van der Waals surface area contributed by atoms with Gasteiger partial charge in [0, 0.05) is 5.92 Å². The van der Waals surface area contributed by atoms with E-state index in [1.807, 2.05) is 31.2 Å². The molecule has 2 aromatic carbocycles. The normalized spacial score (nSPS) is 32.4. The molecule has 0 amide bonds. The minimum absolute atomic E-state index is 0.0816. The predicted octanol–water partition coefficient (Wildman–Crippen LogP) is 4.27. The van der Waals surface area contributed by atoms with Gasteiger partial charge in [-0.1, -0.05) is 64.5 Å². The maximum Gasteiger partial charge on any atom is 0.310 e. The van der Waals surface area contributed by atoms with Gasteiger partial charge in [-0.15, -0.1) is 0 Å². The molecular weight excluding hydrogens is 328 g/mol. The van der Waals surface area contributed by atoms with Gasteiger partial charge in [-0.25, -0.2) is 0 Å². The van der Waals surface area contributed by atoms with Crippen molar-refractivity contribution in [1.82, 2.24) is 0 Å². The van der Waals surface area contributed by atoms with Gasteiger partial charge in [-0.2, -0.15) is 0 Å². The molecule has 3 heteroatoms. The number of carboxylic acid groups (broad SMARTS) is 1. The lowest BCUT2D eigenvalue weighted by Crippen LogP contribution is -2.50. The fraction of sp³-hybridized carbons (Fsp3) is 0.278. The van der Waals surface area contributed by atoms with Crippen LogP contribution in [0.25, 0.3) is 0 Å². The highest BCUT2D eigenvalue weighted by Crippen LogP contribution is 2.65. The quantitative estimate of drug-likeness (QED) is 0.786. The second-order valence-electron chi connectivity index (χ2n) is 6.31. The number of hydrogen-bond donors (Lipinski definition) is 1. The number of aliphatic carboxylic acids is 1. The van der Waals surface area contributed by atoms with Crippen LogP contribution in [0.1, 0.15) is 41.5 Å². The van der Waals surface area contributed by atoms with Crippen LogP contribution in [0.2, 0.25) is 0 Å². The molecule has 21 heavy (non-hydrogen) atoms. The fourth-order valence-electron chi connectivity index (χ4n) is 4.22. The molecule has 2 aromatic rings. The van der Waals surface area contributed by atoms with E-state index in [1.54, 1.807) is 0 Å². The Hall–Kier alpha value is -1.61. The number of carbonyl (C=O) groups is 1. The first-order valence-electron chi connectivity index (χ1n) is 7.09. The van der Waals surface area contributed by atoms with Crippen molar-refractivity contribution in [2.75, 3.05) is 0 Å².